The maximum Gasteiger partial charge on any atom is 0.321 e. The molecule has 0 aliphatic heterocycles. The van der Waals surface area contributed by atoms with Crippen LogP contribution in [0.4, 0.5) is 0 Å². The van der Waals surface area contributed by atoms with E-state index in [-0.39, 0.29) is 6.42 Å². The van der Waals surface area contributed by atoms with Crippen LogP contribution < -0.4 is 5.32 Å². The number of carbonyl (C=O) groups excluding carboxylic acids is 1. The fraction of sp³-hybridized carbons (Fsp3) is 0.943. The molecule has 0 spiro atoms. The first-order chi connectivity index (χ1) is 19.6. The van der Waals surface area contributed by atoms with Crippen molar-refractivity contribution >= 4 is 11.9 Å². The Bertz CT molecular complexity index is 539. The molecule has 0 saturated carbocycles. The number of nitrogens with one attached hydrogen (secondary N) is 1. The Hall–Kier alpha value is -1.10. The summed E-state index contributed by atoms with van der Waals surface area (Å²) in [5, 5.41) is 12.5. The summed E-state index contributed by atoms with van der Waals surface area (Å²) in [7, 11) is 0. The molecule has 0 aliphatic carbocycles. The second-order valence-corrected chi connectivity index (χ2v) is 12.1. The van der Waals surface area contributed by atoms with Gasteiger partial charge in [-0.3, -0.25) is 9.59 Å². The average Bonchev–Trinajstić information content (AvgIpc) is 2.94. The first kappa shape index (κ1) is 38.9. The summed E-state index contributed by atoms with van der Waals surface area (Å²) in [4.78, 5) is 23.7. The summed E-state index contributed by atoms with van der Waals surface area (Å²) < 4.78 is 5.31. The number of hydrogen-bond acceptors (Lipinski definition) is 4. The van der Waals surface area contributed by atoms with Gasteiger partial charge >= 0.3 is 11.9 Å². The molecule has 0 aromatic heterocycles. The second-order valence-electron chi connectivity index (χ2n) is 12.1. The zero-order valence-corrected chi connectivity index (χ0v) is 27.0. The van der Waals surface area contributed by atoms with Crippen molar-refractivity contribution < 1.29 is 19.4 Å². The van der Waals surface area contributed by atoms with Gasteiger partial charge in [0.05, 0.1) is 13.0 Å². The topological polar surface area (TPSA) is 75.6 Å². The molecule has 5 heteroatoms. The third kappa shape index (κ3) is 29.9. The molecule has 0 aliphatic rings. The van der Waals surface area contributed by atoms with Gasteiger partial charge in [-0.1, -0.05) is 174 Å². The molecule has 5 nitrogen and oxygen atoms in total. The zero-order valence-electron chi connectivity index (χ0n) is 27.0. The Labute approximate surface area is 249 Å². The van der Waals surface area contributed by atoms with Gasteiger partial charge in [-0.05, 0) is 19.4 Å². The lowest BCUT2D eigenvalue weighted by atomic mass is 10.0. The highest BCUT2D eigenvalue weighted by Crippen LogP contribution is 2.14. The monoisotopic (exact) mass is 568 g/mol. The van der Waals surface area contributed by atoms with Crippen LogP contribution in [-0.4, -0.2) is 36.2 Å². The molecule has 0 rings (SSSR count). The van der Waals surface area contributed by atoms with E-state index >= 15 is 0 Å². The minimum atomic E-state index is -0.969. The zero-order chi connectivity index (χ0) is 29.4. The van der Waals surface area contributed by atoms with Crippen LogP contribution in [-0.2, 0) is 14.3 Å². The molecule has 0 radical (unpaired) electrons. The molecule has 1 unspecified atom stereocenters. The van der Waals surface area contributed by atoms with Gasteiger partial charge in [0.1, 0.15) is 6.04 Å². The van der Waals surface area contributed by atoms with Gasteiger partial charge < -0.3 is 15.2 Å². The van der Waals surface area contributed by atoms with Gasteiger partial charge in [0.25, 0.3) is 0 Å². The smallest absolute Gasteiger partial charge is 0.321 e. The van der Waals surface area contributed by atoms with Crippen molar-refractivity contribution in [3.63, 3.8) is 0 Å². The standard InChI is InChI=1S/C35H69NO4/c1-3-5-7-9-11-13-15-17-18-20-22-24-26-28-30-36-33(35(38)39)32-34(37)40-31-29-27-25-23-21-19-16-14-12-10-8-6-4-2/h33,36H,3-32H2,1-2H3,(H,38,39). The van der Waals surface area contributed by atoms with Crippen molar-refractivity contribution in [2.45, 2.75) is 200 Å². The highest BCUT2D eigenvalue weighted by Gasteiger charge is 2.21. The predicted octanol–water partition coefficient (Wildman–Crippen LogP) is 10.5. The number of unbranched alkanes of at least 4 members (excludes halogenated alkanes) is 25. The molecule has 0 aromatic carbocycles. The quantitative estimate of drug-likeness (QED) is 0.0609. The minimum Gasteiger partial charge on any atom is -0.480 e. The van der Waals surface area contributed by atoms with Gasteiger partial charge in [0.2, 0.25) is 0 Å². The molecule has 0 heterocycles. The Morgan fingerprint density at radius 1 is 0.525 bits per heavy atom. The lowest BCUT2D eigenvalue weighted by Gasteiger charge is -2.14. The first-order valence-electron chi connectivity index (χ1n) is 17.7. The second kappa shape index (κ2) is 32.4. The van der Waals surface area contributed by atoms with Crippen molar-refractivity contribution in [2.75, 3.05) is 13.2 Å². The van der Waals surface area contributed by atoms with E-state index < -0.39 is 18.0 Å². The number of aliphatic carboxylic acids is 1. The van der Waals surface area contributed by atoms with Crippen LogP contribution in [0.25, 0.3) is 0 Å². The third-order valence-electron chi connectivity index (χ3n) is 8.10. The van der Waals surface area contributed by atoms with Gasteiger partial charge in [-0.25, -0.2) is 0 Å². The van der Waals surface area contributed by atoms with Crippen LogP contribution in [0.5, 0.6) is 0 Å². The van der Waals surface area contributed by atoms with E-state index in [0.29, 0.717) is 13.2 Å². The number of carbonyl (C=O) groups is 2. The lowest BCUT2D eigenvalue weighted by Crippen LogP contribution is -2.39. The van der Waals surface area contributed by atoms with Crippen molar-refractivity contribution in [1.82, 2.24) is 5.32 Å². The molecule has 0 amide bonds. The number of rotatable bonds is 33. The van der Waals surface area contributed by atoms with Crippen molar-refractivity contribution in [3.05, 3.63) is 0 Å². The SMILES string of the molecule is CCCCCCCCCCCCCCCCNC(CC(=O)OCCCCCCCCCCCCCCC)C(=O)O. The summed E-state index contributed by atoms with van der Waals surface area (Å²) in [6.45, 7) is 5.58. The van der Waals surface area contributed by atoms with Gasteiger partial charge in [0.15, 0.2) is 0 Å². The Morgan fingerprint density at radius 2 is 0.850 bits per heavy atom. The summed E-state index contributed by atoms with van der Waals surface area (Å²) >= 11 is 0. The van der Waals surface area contributed by atoms with Crippen LogP contribution in [0.1, 0.15) is 194 Å². The van der Waals surface area contributed by atoms with Gasteiger partial charge in [0, 0.05) is 0 Å². The Morgan fingerprint density at radius 3 is 1.20 bits per heavy atom. The highest BCUT2D eigenvalue weighted by atomic mass is 16.5. The third-order valence-corrected chi connectivity index (χ3v) is 8.10. The van der Waals surface area contributed by atoms with E-state index in [2.05, 4.69) is 19.2 Å². The first-order valence-corrected chi connectivity index (χ1v) is 17.7. The van der Waals surface area contributed by atoms with Crippen LogP contribution >= 0.6 is 0 Å². The minimum absolute atomic E-state index is 0.0909. The average molecular weight is 568 g/mol. The molecule has 40 heavy (non-hydrogen) atoms. The number of carboxylic acids is 1. The molecule has 1 atom stereocenters. The van der Waals surface area contributed by atoms with Crippen molar-refractivity contribution in [3.8, 4) is 0 Å². The maximum absolute atomic E-state index is 12.1. The molecule has 0 fully saturated rings. The largest absolute Gasteiger partial charge is 0.480 e. The Balaban J connectivity index is 3.52. The Kier molecular flexibility index (Phi) is 31.5. The number of esters is 1. The fourth-order valence-electron chi connectivity index (χ4n) is 5.37. The molecule has 2 N–H and O–H groups in total. The van der Waals surface area contributed by atoms with E-state index in [4.69, 9.17) is 4.74 Å². The van der Waals surface area contributed by atoms with E-state index in [9.17, 15) is 14.7 Å². The lowest BCUT2D eigenvalue weighted by molar-refractivity contribution is -0.149. The number of ether oxygens (including phenoxy) is 1. The van der Waals surface area contributed by atoms with Crippen molar-refractivity contribution in [2.24, 2.45) is 0 Å². The molecular weight excluding hydrogens is 498 g/mol. The van der Waals surface area contributed by atoms with Gasteiger partial charge in [-0.15, -0.1) is 0 Å². The van der Waals surface area contributed by atoms with E-state index in [0.717, 1.165) is 25.7 Å². The summed E-state index contributed by atoms with van der Waals surface area (Å²) in [6, 6.07) is -0.846. The van der Waals surface area contributed by atoms with Crippen LogP contribution in [0.2, 0.25) is 0 Å². The summed E-state index contributed by atoms with van der Waals surface area (Å²) in [6.07, 6.45) is 34.8. The van der Waals surface area contributed by atoms with Crippen LogP contribution in [0.3, 0.4) is 0 Å². The van der Waals surface area contributed by atoms with Crippen LogP contribution in [0.15, 0.2) is 0 Å². The maximum atomic E-state index is 12.1. The van der Waals surface area contributed by atoms with E-state index in [1.165, 1.54) is 148 Å². The molecule has 0 aromatic rings. The molecular formula is C35H69NO4. The van der Waals surface area contributed by atoms with Crippen molar-refractivity contribution in [1.29, 1.82) is 0 Å². The van der Waals surface area contributed by atoms with E-state index in [1.807, 2.05) is 0 Å². The molecule has 238 valence electrons. The predicted molar refractivity (Wildman–Crippen MR) is 171 cm³/mol. The molecule has 0 bridgehead atoms. The summed E-state index contributed by atoms with van der Waals surface area (Å²) in [5.41, 5.74) is 0. The van der Waals surface area contributed by atoms with Crippen LogP contribution in [0, 0.1) is 0 Å². The van der Waals surface area contributed by atoms with E-state index in [1.54, 1.807) is 0 Å². The number of carboxylic acid groups (broad SMARTS) is 1. The highest BCUT2D eigenvalue weighted by molar-refractivity contribution is 5.81. The summed E-state index contributed by atoms with van der Waals surface area (Å²) in [5.74, 6) is -1.37. The van der Waals surface area contributed by atoms with Gasteiger partial charge in [-0.2, -0.15) is 0 Å². The molecule has 0 saturated heterocycles. The normalized spacial score (nSPS) is 12.1. The fourth-order valence-corrected chi connectivity index (χ4v) is 5.37. The number of hydrogen-bond donors (Lipinski definition) is 2.